The number of rotatable bonds is 5. The molecule has 1 fully saturated rings. The largest absolute Gasteiger partial charge is 0.489 e. The predicted molar refractivity (Wildman–Crippen MR) is 95.2 cm³/mol. The van der Waals surface area contributed by atoms with Crippen LogP contribution in [0.15, 0.2) is 54.6 Å². The van der Waals surface area contributed by atoms with E-state index in [2.05, 4.69) is 38.1 Å². The molecule has 1 saturated heterocycles. The van der Waals surface area contributed by atoms with Crippen molar-refractivity contribution in [3.8, 4) is 5.75 Å². The van der Waals surface area contributed by atoms with Crippen molar-refractivity contribution in [2.24, 2.45) is 0 Å². The van der Waals surface area contributed by atoms with Crippen LogP contribution >= 0.6 is 0 Å². The number of ether oxygens (including phenoxy) is 3. The van der Waals surface area contributed by atoms with E-state index in [0.29, 0.717) is 13.2 Å². The molecule has 1 aliphatic heterocycles. The van der Waals surface area contributed by atoms with Crippen LogP contribution in [0.5, 0.6) is 5.75 Å². The summed E-state index contributed by atoms with van der Waals surface area (Å²) in [6, 6.07) is 18.5. The summed E-state index contributed by atoms with van der Waals surface area (Å²) in [6.07, 6.45) is 1.69. The van der Waals surface area contributed by atoms with Crippen LogP contribution in [0.25, 0.3) is 0 Å². The molecule has 0 aliphatic carbocycles. The van der Waals surface area contributed by atoms with Gasteiger partial charge in [0, 0.05) is 20.0 Å². The Morgan fingerprint density at radius 3 is 2.54 bits per heavy atom. The first-order valence-corrected chi connectivity index (χ1v) is 8.49. The lowest BCUT2D eigenvalue weighted by Gasteiger charge is -2.44. The first-order chi connectivity index (χ1) is 11.5. The van der Waals surface area contributed by atoms with E-state index in [9.17, 15) is 0 Å². The monoisotopic (exact) mass is 326 g/mol. The first-order valence-electron chi connectivity index (χ1n) is 8.49. The van der Waals surface area contributed by atoms with Crippen molar-refractivity contribution >= 4 is 0 Å². The summed E-state index contributed by atoms with van der Waals surface area (Å²) in [7, 11) is 1.79. The second-order valence-electron chi connectivity index (χ2n) is 7.04. The van der Waals surface area contributed by atoms with E-state index in [1.807, 2.05) is 30.3 Å². The van der Waals surface area contributed by atoms with Crippen LogP contribution < -0.4 is 4.74 Å². The molecule has 128 valence electrons. The summed E-state index contributed by atoms with van der Waals surface area (Å²) in [5.74, 6) is 0.872. The third-order valence-corrected chi connectivity index (χ3v) is 4.71. The normalized spacial score (nSPS) is 23.0. The van der Waals surface area contributed by atoms with E-state index in [4.69, 9.17) is 14.2 Å². The van der Waals surface area contributed by atoms with Gasteiger partial charge < -0.3 is 14.2 Å². The third-order valence-electron chi connectivity index (χ3n) is 4.71. The van der Waals surface area contributed by atoms with Crippen LogP contribution in [-0.2, 0) is 21.7 Å². The summed E-state index contributed by atoms with van der Waals surface area (Å²) in [6.45, 7) is 5.51. The third kappa shape index (κ3) is 3.80. The Kier molecular flexibility index (Phi) is 4.93. The molecule has 1 heterocycles. The van der Waals surface area contributed by atoms with Gasteiger partial charge in [-0.3, -0.25) is 0 Å². The van der Waals surface area contributed by atoms with Gasteiger partial charge in [-0.15, -0.1) is 0 Å². The second kappa shape index (κ2) is 6.96. The fourth-order valence-electron chi connectivity index (χ4n) is 3.47. The van der Waals surface area contributed by atoms with Gasteiger partial charge in [-0.05, 0) is 37.1 Å². The molecule has 0 saturated carbocycles. The second-order valence-corrected chi connectivity index (χ2v) is 7.04. The first kappa shape index (κ1) is 17.0. The molecular weight excluding hydrogens is 300 g/mol. The van der Waals surface area contributed by atoms with Crippen LogP contribution in [0.1, 0.15) is 37.8 Å². The SMILES string of the molecule is COC1(c2cccc(OCc3ccccc3)c2)CCOC(C)(C)C1. The molecule has 1 aliphatic rings. The molecule has 0 N–H and O–H groups in total. The van der Waals surface area contributed by atoms with Gasteiger partial charge in [0.25, 0.3) is 0 Å². The van der Waals surface area contributed by atoms with Crippen LogP contribution in [-0.4, -0.2) is 19.3 Å². The Balaban J connectivity index is 1.78. The van der Waals surface area contributed by atoms with Crippen LogP contribution in [0.4, 0.5) is 0 Å². The summed E-state index contributed by atoms with van der Waals surface area (Å²) < 4.78 is 17.8. The topological polar surface area (TPSA) is 27.7 Å². The van der Waals surface area contributed by atoms with Gasteiger partial charge in [0.15, 0.2) is 0 Å². The van der Waals surface area contributed by atoms with E-state index in [1.54, 1.807) is 7.11 Å². The Labute approximate surface area is 144 Å². The number of benzene rings is 2. The van der Waals surface area contributed by atoms with Gasteiger partial charge in [-0.25, -0.2) is 0 Å². The molecule has 0 radical (unpaired) electrons. The fourth-order valence-corrected chi connectivity index (χ4v) is 3.47. The summed E-state index contributed by atoms with van der Waals surface area (Å²) in [4.78, 5) is 0. The van der Waals surface area contributed by atoms with Crippen molar-refractivity contribution in [3.63, 3.8) is 0 Å². The highest BCUT2D eigenvalue weighted by Crippen LogP contribution is 2.42. The molecule has 0 spiro atoms. The zero-order chi connectivity index (χ0) is 17.0. The summed E-state index contributed by atoms with van der Waals surface area (Å²) >= 11 is 0. The zero-order valence-electron chi connectivity index (χ0n) is 14.7. The highest BCUT2D eigenvalue weighted by Gasteiger charge is 2.42. The minimum absolute atomic E-state index is 0.185. The maximum atomic E-state index is 5.98. The van der Waals surface area contributed by atoms with Crippen LogP contribution in [0.2, 0.25) is 0 Å². The average Bonchev–Trinajstić information content (AvgIpc) is 2.60. The van der Waals surface area contributed by atoms with Crippen molar-refractivity contribution in [1.82, 2.24) is 0 Å². The minimum Gasteiger partial charge on any atom is -0.489 e. The standard InChI is InChI=1S/C21H26O3/c1-20(2)16-21(22-3,12-13-24-20)18-10-7-11-19(14-18)23-15-17-8-5-4-6-9-17/h4-11,14H,12-13,15-16H2,1-3H3. The lowest BCUT2D eigenvalue weighted by molar-refractivity contribution is -0.162. The van der Waals surface area contributed by atoms with Gasteiger partial charge in [0.05, 0.1) is 17.8 Å². The molecule has 1 unspecified atom stereocenters. The molecule has 3 heteroatoms. The van der Waals surface area contributed by atoms with E-state index in [0.717, 1.165) is 29.7 Å². The van der Waals surface area contributed by atoms with E-state index in [1.165, 1.54) is 0 Å². The van der Waals surface area contributed by atoms with E-state index >= 15 is 0 Å². The molecule has 24 heavy (non-hydrogen) atoms. The van der Waals surface area contributed by atoms with Crippen molar-refractivity contribution in [1.29, 1.82) is 0 Å². The Hall–Kier alpha value is -1.84. The molecule has 0 amide bonds. The smallest absolute Gasteiger partial charge is 0.120 e. The molecule has 3 nitrogen and oxygen atoms in total. The van der Waals surface area contributed by atoms with Crippen molar-refractivity contribution in [2.45, 2.75) is 44.5 Å². The van der Waals surface area contributed by atoms with Crippen molar-refractivity contribution in [3.05, 3.63) is 65.7 Å². The number of hydrogen-bond donors (Lipinski definition) is 0. The molecule has 0 bridgehead atoms. The van der Waals surface area contributed by atoms with Gasteiger partial charge in [-0.2, -0.15) is 0 Å². The lowest BCUT2D eigenvalue weighted by atomic mass is 9.79. The van der Waals surface area contributed by atoms with E-state index in [-0.39, 0.29) is 11.2 Å². The Bertz CT molecular complexity index is 666. The molecule has 0 aromatic heterocycles. The van der Waals surface area contributed by atoms with Crippen LogP contribution in [0, 0.1) is 0 Å². The maximum absolute atomic E-state index is 5.98. The average molecular weight is 326 g/mol. The fraction of sp³-hybridized carbons (Fsp3) is 0.429. The maximum Gasteiger partial charge on any atom is 0.120 e. The minimum atomic E-state index is -0.312. The molecule has 2 aromatic rings. The van der Waals surface area contributed by atoms with Gasteiger partial charge in [-0.1, -0.05) is 42.5 Å². The number of methoxy groups -OCH3 is 1. The molecular formula is C21H26O3. The molecule has 1 atom stereocenters. The lowest BCUT2D eigenvalue weighted by Crippen LogP contribution is -2.45. The predicted octanol–water partition coefficient (Wildman–Crippen LogP) is 4.70. The quantitative estimate of drug-likeness (QED) is 0.797. The van der Waals surface area contributed by atoms with E-state index < -0.39 is 0 Å². The highest BCUT2D eigenvalue weighted by atomic mass is 16.5. The Morgan fingerprint density at radius 1 is 1.04 bits per heavy atom. The van der Waals surface area contributed by atoms with Crippen molar-refractivity contribution in [2.75, 3.05) is 13.7 Å². The van der Waals surface area contributed by atoms with Gasteiger partial charge in [0.1, 0.15) is 12.4 Å². The highest BCUT2D eigenvalue weighted by molar-refractivity contribution is 5.33. The number of hydrogen-bond acceptors (Lipinski definition) is 3. The Morgan fingerprint density at radius 2 is 1.83 bits per heavy atom. The van der Waals surface area contributed by atoms with Gasteiger partial charge >= 0.3 is 0 Å². The van der Waals surface area contributed by atoms with Crippen LogP contribution in [0.3, 0.4) is 0 Å². The zero-order valence-corrected chi connectivity index (χ0v) is 14.7. The summed E-state index contributed by atoms with van der Waals surface area (Å²) in [5.41, 5.74) is 1.83. The van der Waals surface area contributed by atoms with Crippen molar-refractivity contribution < 1.29 is 14.2 Å². The summed E-state index contributed by atoms with van der Waals surface area (Å²) in [5, 5.41) is 0. The molecule has 3 rings (SSSR count). The van der Waals surface area contributed by atoms with Gasteiger partial charge in [0.2, 0.25) is 0 Å². The molecule has 2 aromatic carbocycles.